The van der Waals surface area contributed by atoms with E-state index in [2.05, 4.69) is 15.5 Å². The fourth-order valence-electron chi connectivity index (χ4n) is 2.73. The van der Waals surface area contributed by atoms with Gasteiger partial charge in [0.2, 0.25) is 0 Å². The van der Waals surface area contributed by atoms with Crippen molar-refractivity contribution >= 4 is 17.6 Å². The number of hydrogen-bond acceptors (Lipinski definition) is 3. The number of carbonyl (C=O) groups excluding carboxylic acids is 1. The smallest absolute Gasteiger partial charge is 0.315 e. The second kappa shape index (κ2) is 9.11. The molecule has 1 heterocycles. The van der Waals surface area contributed by atoms with E-state index in [9.17, 15) is 4.79 Å². The van der Waals surface area contributed by atoms with Crippen LogP contribution in [-0.4, -0.2) is 50.8 Å². The molecule has 1 aromatic rings. The van der Waals surface area contributed by atoms with Crippen molar-refractivity contribution in [2.75, 3.05) is 33.9 Å². The molecule has 23 heavy (non-hydrogen) atoms. The lowest BCUT2D eigenvalue weighted by molar-refractivity contribution is 0.142. The highest BCUT2D eigenvalue weighted by Gasteiger charge is 2.19. The molecule has 0 radical (unpaired) electrons. The predicted octanol–water partition coefficient (Wildman–Crippen LogP) is 2.81. The topological polar surface area (TPSA) is 53.6 Å². The Balaban J connectivity index is 1.96. The van der Waals surface area contributed by atoms with Gasteiger partial charge in [-0.15, -0.1) is 0 Å². The predicted molar refractivity (Wildman–Crippen MR) is 92.9 cm³/mol. The van der Waals surface area contributed by atoms with E-state index in [-0.39, 0.29) is 18.1 Å². The van der Waals surface area contributed by atoms with Gasteiger partial charge in [0.1, 0.15) is 0 Å². The van der Waals surface area contributed by atoms with Gasteiger partial charge in [-0.3, -0.25) is 0 Å². The molecule has 2 rings (SSSR count). The van der Waals surface area contributed by atoms with Crippen LogP contribution in [-0.2, 0) is 4.74 Å². The van der Waals surface area contributed by atoms with E-state index in [4.69, 9.17) is 16.3 Å². The van der Waals surface area contributed by atoms with Gasteiger partial charge in [-0.1, -0.05) is 23.7 Å². The van der Waals surface area contributed by atoms with Crippen LogP contribution in [0.3, 0.4) is 0 Å². The van der Waals surface area contributed by atoms with Crippen LogP contribution in [0.25, 0.3) is 0 Å². The van der Waals surface area contributed by atoms with Crippen LogP contribution < -0.4 is 10.6 Å². The summed E-state index contributed by atoms with van der Waals surface area (Å²) in [4.78, 5) is 14.4. The third-order valence-corrected chi connectivity index (χ3v) is 4.16. The summed E-state index contributed by atoms with van der Waals surface area (Å²) in [6, 6.07) is 7.58. The summed E-state index contributed by atoms with van der Waals surface area (Å²) in [6.45, 7) is 2.22. The first-order chi connectivity index (χ1) is 11.0. The van der Waals surface area contributed by atoms with Crippen molar-refractivity contribution in [2.24, 2.45) is 0 Å². The average Bonchev–Trinajstić information content (AvgIpc) is 2.75. The molecule has 0 bridgehead atoms. The number of ether oxygens (including phenoxy) is 1. The van der Waals surface area contributed by atoms with Gasteiger partial charge in [0.05, 0.1) is 6.04 Å². The summed E-state index contributed by atoms with van der Waals surface area (Å²) in [6.07, 6.45) is 2.82. The van der Waals surface area contributed by atoms with Crippen LogP contribution in [0.4, 0.5) is 4.79 Å². The van der Waals surface area contributed by atoms with Gasteiger partial charge in [-0.25, -0.2) is 4.79 Å². The minimum absolute atomic E-state index is 0.0794. The van der Waals surface area contributed by atoms with E-state index in [1.54, 1.807) is 0 Å². The molecule has 2 atom stereocenters. The van der Waals surface area contributed by atoms with Crippen LogP contribution in [0, 0.1) is 0 Å². The van der Waals surface area contributed by atoms with Crippen LogP contribution in [0.1, 0.15) is 30.9 Å². The minimum Gasteiger partial charge on any atom is -0.381 e. The van der Waals surface area contributed by atoms with Crippen molar-refractivity contribution < 1.29 is 9.53 Å². The molecule has 0 aliphatic carbocycles. The van der Waals surface area contributed by atoms with Gasteiger partial charge in [0.25, 0.3) is 0 Å². The maximum absolute atomic E-state index is 12.3. The molecule has 1 aliphatic heterocycles. The Kier molecular flexibility index (Phi) is 7.15. The highest BCUT2D eigenvalue weighted by Crippen LogP contribution is 2.17. The van der Waals surface area contributed by atoms with Gasteiger partial charge in [-0.2, -0.15) is 0 Å². The lowest BCUT2D eigenvalue weighted by atomic mass is 10.1. The fourth-order valence-corrected chi connectivity index (χ4v) is 2.85. The van der Waals surface area contributed by atoms with E-state index in [0.717, 1.165) is 38.0 Å². The molecule has 0 aromatic heterocycles. The molecule has 0 saturated carbocycles. The van der Waals surface area contributed by atoms with Gasteiger partial charge in [0.15, 0.2) is 0 Å². The second-order valence-corrected chi connectivity index (χ2v) is 6.66. The maximum Gasteiger partial charge on any atom is 0.315 e. The second-order valence-electron chi connectivity index (χ2n) is 6.22. The Hall–Kier alpha value is -1.30. The van der Waals surface area contributed by atoms with Crippen molar-refractivity contribution in [3.05, 3.63) is 34.9 Å². The van der Waals surface area contributed by atoms with Crippen molar-refractivity contribution in [1.29, 1.82) is 0 Å². The Morgan fingerprint density at radius 2 is 2.04 bits per heavy atom. The number of rotatable bonds is 5. The molecule has 1 saturated heterocycles. The Morgan fingerprint density at radius 3 is 2.74 bits per heavy atom. The molecular weight excluding hydrogens is 314 g/mol. The summed E-state index contributed by atoms with van der Waals surface area (Å²) in [5.74, 6) is 0. The number of amides is 2. The first-order valence-corrected chi connectivity index (χ1v) is 8.47. The number of carbonyl (C=O) groups is 1. The third-order valence-electron chi connectivity index (χ3n) is 3.91. The highest BCUT2D eigenvalue weighted by molar-refractivity contribution is 6.30. The Labute approximate surface area is 143 Å². The lowest BCUT2D eigenvalue weighted by Crippen LogP contribution is -2.45. The van der Waals surface area contributed by atoms with Gasteiger partial charge >= 0.3 is 6.03 Å². The highest BCUT2D eigenvalue weighted by atomic mass is 35.5. The quantitative estimate of drug-likeness (QED) is 0.867. The van der Waals surface area contributed by atoms with E-state index in [1.165, 1.54) is 0 Å². The van der Waals surface area contributed by atoms with Gasteiger partial charge in [0, 0.05) is 30.8 Å². The molecule has 0 spiro atoms. The monoisotopic (exact) mass is 339 g/mol. The normalized spacial score (nSPS) is 19.9. The molecular formula is C17H26ClN3O2. The van der Waals surface area contributed by atoms with Crippen LogP contribution in [0.2, 0.25) is 5.02 Å². The zero-order chi connectivity index (χ0) is 16.7. The Morgan fingerprint density at radius 1 is 1.30 bits per heavy atom. The largest absolute Gasteiger partial charge is 0.381 e. The van der Waals surface area contributed by atoms with Gasteiger partial charge < -0.3 is 20.3 Å². The maximum atomic E-state index is 12.3. The van der Waals surface area contributed by atoms with Crippen LogP contribution in [0.15, 0.2) is 24.3 Å². The van der Waals surface area contributed by atoms with Crippen molar-refractivity contribution in [1.82, 2.24) is 15.5 Å². The number of hydrogen-bond donors (Lipinski definition) is 2. The van der Waals surface area contributed by atoms with E-state index in [0.29, 0.717) is 11.6 Å². The molecule has 2 amide bonds. The number of urea groups is 1. The molecule has 128 valence electrons. The van der Waals surface area contributed by atoms with Crippen molar-refractivity contribution in [3.63, 3.8) is 0 Å². The number of likely N-dealkylation sites (N-methyl/N-ethyl adjacent to an activating group) is 1. The molecule has 1 aliphatic rings. The Bertz CT molecular complexity index is 485. The first kappa shape index (κ1) is 18.0. The molecule has 1 aromatic carbocycles. The molecule has 2 N–H and O–H groups in total. The summed E-state index contributed by atoms with van der Waals surface area (Å²) in [5, 5.41) is 6.84. The number of halogens is 1. The van der Waals surface area contributed by atoms with E-state index < -0.39 is 0 Å². The summed E-state index contributed by atoms with van der Waals surface area (Å²) in [7, 11) is 3.98. The molecule has 6 heteroatoms. The zero-order valence-electron chi connectivity index (χ0n) is 13.8. The lowest BCUT2D eigenvalue weighted by Gasteiger charge is -2.24. The van der Waals surface area contributed by atoms with Crippen LogP contribution in [0.5, 0.6) is 0 Å². The number of benzene rings is 1. The SMILES string of the molecule is CN(C)CC(NC(=O)NC1CCCOCC1)c1ccc(Cl)cc1. The molecule has 1 fully saturated rings. The van der Waals surface area contributed by atoms with E-state index in [1.807, 2.05) is 38.4 Å². The summed E-state index contributed by atoms with van der Waals surface area (Å²) in [5.41, 5.74) is 1.04. The van der Waals surface area contributed by atoms with Crippen LogP contribution >= 0.6 is 11.6 Å². The zero-order valence-corrected chi connectivity index (χ0v) is 14.6. The summed E-state index contributed by atoms with van der Waals surface area (Å²) < 4.78 is 5.43. The van der Waals surface area contributed by atoms with Crippen molar-refractivity contribution in [2.45, 2.75) is 31.3 Å². The minimum atomic E-state index is -0.126. The first-order valence-electron chi connectivity index (χ1n) is 8.09. The van der Waals surface area contributed by atoms with Crippen molar-refractivity contribution in [3.8, 4) is 0 Å². The standard InChI is InChI=1S/C17H26ClN3O2/c1-21(2)12-16(13-5-7-14(18)8-6-13)20-17(22)19-15-4-3-10-23-11-9-15/h5-8,15-16H,3-4,9-12H2,1-2H3,(H2,19,20,22). The average molecular weight is 340 g/mol. The third kappa shape index (κ3) is 6.37. The van der Waals surface area contributed by atoms with E-state index >= 15 is 0 Å². The van der Waals surface area contributed by atoms with Gasteiger partial charge in [-0.05, 0) is 51.1 Å². The molecule has 2 unspecified atom stereocenters. The molecule has 5 nitrogen and oxygen atoms in total. The summed E-state index contributed by atoms with van der Waals surface area (Å²) >= 11 is 5.95. The number of nitrogens with zero attached hydrogens (tertiary/aromatic N) is 1. The number of nitrogens with one attached hydrogen (secondary N) is 2. The fraction of sp³-hybridized carbons (Fsp3) is 0.588.